The monoisotopic (exact) mass is 318 g/mol. The maximum absolute atomic E-state index is 6.29. The van der Waals surface area contributed by atoms with Crippen LogP contribution in [-0.4, -0.2) is 14.8 Å². The number of halogens is 2. The van der Waals surface area contributed by atoms with Gasteiger partial charge in [0.2, 0.25) is 0 Å². The van der Waals surface area contributed by atoms with Crippen LogP contribution < -0.4 is 5.73 Å². The molecule has 3 rings (SSSR count). The van der Waals surface area contributed by atoms with Crippen molar-refractivity contribution in [2.24, 2.45) is 7.05 Å². The number of hydrogen-bond acceptors (Lipinski definition) is 3. The lowest BCUT2D eigenvalue weighted by Crippen LogP contribution is -1.97. The van der Waals surface area contributed by atoms with Gasteiger partial charge in [-0.25, -0.2) is 0 Å². The Balaban J connectivity index is 2.29. The predicted molar refractivity (Wildman–Crippen MR) is 86.3 cm³/mol. The molecule has 3 aromatic rings. The van der Waals surface area contributed by atoms with Crippen molar-refractivity contribution in [1.82, 2.24) is 14.8 Å². The number of benzene rings is 1. The Morgan fingerprint density at radius 3 is 2.52 bits per heavy atom. The van der Waals surface area contributed by atoms with Gasteiger partial charge in [-0.05, 0) is 35.9 Å². The topological polar surface area (TPSA) is 56.7 Å². The average Bonchev–Trinajstić information content (AvgIpc) is 2.78. The first kappa shape index (κ1) is 13.9. The van der Waals surface area contributed by atoms with Crippen LogP contribution >= 0.6 is 23.2 Å². The van der Waals surface area contributed by atoms with Gasteiger partial charge in [0.05, 0.1) is 10.6 Å². The molecule has 106 valence electrons. The van der Waals surface area contributed by atoms with Crippen LogP contribution in [0, 0.1) is 0 Å². The normalized spacial score (nSPS) is 10.8. The molecule has 0 unspecified atom stereocenters. The molecule has 0 saturated heterocycles. The van der Waals surface area contributed by atoms with E-state index < -0.39 is 0 Å². The number of nitrogens with zero attached hydrogens (tertiary/aromatic N) is 3. The lowest BCUT2D eigenvalue weighted by Gasteiger charge is -2.06. The van der Waals surface area contributed by atoms with Crippen molar-refractivity contribution in [3.8, 4) is 22.4 Å². The van der Waals surface area contributed by atoms with Crippen LogP contribution in [0.25, 0.3) is 22.4 Å². The van der Waals surface area contributed by atoms with Gasteiger partial charge in [0.1, 0.15) is 11.5 Å². The van der Waals surface area contributed by atoms with Crippen molar-refractivity contribution in [1.29, 1.82) is 0 Å². The quantitative estimate of drug-likeness (QED) is 0.775. The Morgan fingerprint density at radius 1 is 1.10 bits per heavy atom. The van der Waals surface area contributed by atoms with Gasteiger partial charge in [-0.3, -0.25) is 9.67 Å². The van der Waals surface area contributed by atoms with Crippen LogP contribution in [0.4, 0.5) is 5.82 Å². The smallest absolute Gasteiger partial charge is 0.129 e. The maximum atomic E-state index is 6.29. The summed E-state index contributed by atoms with van der Waals surface area (Å²) in [5.41, 5.74) is 9.38. The van der Waals surface area contributed by atoms with E-state index in [1.54, 1.807) is 42.3 Å². The highest BCUT2D eigenvalue weighted by Gasteiger charge is 2.19. The molecule has 0 aliphatic carbocycles. The predicted octanol–water partition coefficient (Wildman–Crippen LogP) is 4.04. The first-order chi connectivity index (χ1) is 10.1. The van der Waals surface area contributed by atoms with Crippen molar-refractivity contribution in [3.63, 3.8) is 0 Å². The minimum atomic E-state index is 0.562. The number of rotatable bonds is 2. The molecule has 2 aromatic heterocycles. The van der Waals surface area contributed by atoms with Gasteiger partial charge in [-0.1, -0.05) is 23.2 Å². The molecule has 0 atom stereocenters. The molecule has 2 heterocycles. The van der Waals surface area contributed by atoms with Crippen molar-refractivity contribution >= 4 is 29.0 Å². The van der Waals surface area contributed by atoms with Crippen molar-refractivity contribution in [2.45, 2.75) is 0 Å². The first-order valence-electron chi connectivity index (χ1n) is 6.26. The van der Waals surface area contributed by atoms with E-state index in [2.05, 4.69) is 10.1 Å². The van der Waals surface area contributed by atoms with Gasteiger partial charge in [-0.2, -0.15) is 5.10 Å². The fourth-order valence-electron chi connectivity index (χ4n) is 2.21. The largest absolute Gasteiger partial charge is 0.383 e. The summed E-state index contributed by atoms with van der Waals surface area (Å²) in [6.45, 7) is 0. The van der Waals surface area contributed by atoms with E-state index in [1.807, 2.05) is 12.1 Å². The van der Waals surface area contributed by atoms with E-state index >= 15 is 0 Å². The van der Waals surface area contributed by atoms with Gasteiger partial charge < -0.3 is 5.73 Å². The van der Waals surface area contributed by atoms with Crippen LogP contribution in [0.15, 0.2) is 42.7 Å². The summed E-state index contributed by atoms with van der Waals surface area (Å²) in [6.07, 6.45) is 3.43. The molecule has 2 N–H and O–H groups in total. The SMILES string of the molecule is Cn1nc(-c2cc(Cl)ccc2Cl)c(-c2ccncc2)c1N. The van der Waals surface area contributed by atoms with Crippen molar-refractivity contribution < 1.29 is 0 Å². The van der Waals surface area contributed by atoms with Crippen LogP contribution in [-0.2, 0) is 7.05 Å². The van der Waals surface area contributed by atoms with E-state index in [4.69, 9.17) is 28.9 Å². The van der Waals surface area contributed by atoms with E-state index in [9.17, 15) is 0 Å². The van der Waals surface area contributed by atoms with Crippen LogP contribution in [0.1, 0.15) is 0 Å². The molecule has 0 fully saturated rings. The molecule has 0 saturated carbocycles. The Kier molecular flexibility index (Phi) is 3.57. The number of aromatic nitrogens is 3. The van der Waals surface area contributed by atoms with E-state index in [1.165, 1.54) is 0 Å². The van der Waals surface area contributed by atoms with Crippen LogP contribution in [0.2, 0.25) is 10.0 Å². The molecule has 0 radical (unpaired) electrons. The number of nitrogens with two attached hydrogens (primary N) is 1. The summed E-state index contributed by atoms with van der Waals surface area (Å²) in [6, 6.07) is 9.05. The first-order valence-corrected chi connectivity index (χ1v) is 7.02. The van der Waals surface area contributed by atoms with E-state index in [0.29, 0.717) is 21.6 Å². The minimum Gasteiger partial charge on any atom is -0.383 e. The highest BCUT2D eigenvalue weighted by Crippen LogP contribution is 2.39. The van der Waals surface area contributed by atoms with E-state index in [0.717, 1.165) is 16.7 Å². The summed E-state index contributed by atoms with van der Waals surface area (Å²) in [5.74, 6) is 0.562. The Morgan fingerprint density at radius 2 is 1.81 bits per heavy atom. The van der Waals surface area contributed by atoms with Gasteiger partial charge in [0.15, 0.2) is 0 Å². The fourth-order valence-corrected chi connectivity index (χ4v) is 2.59. The number of hydrogen-bond donors (Lipinski definition) is 1. The zero-order valence-electron chi connectivity index (χ0n) is 11.2. The fraction of sp³-hybridized carbons (Fsp3) is 0.0667. The third-order valence-electron chi connectivity index (χ3n) is 3.24. The zero-order valence-corrected chi connectivity index (χ0v) is 12.7. The standard InChI is InChI=1S/C15H12Cl2N4/c1-21-15(18)13(9-4-6-19-7-5-9)14(20-21)11-8-10(16)2-3-12(11)17/h2-8H,18H2,1H3. The Hall–Kier alpha value is -2.04. The van der Waals surface area contributed by atoms with Gasteiger partial charge >= 0.3 is 0 Å². The summed E-state index contributed by atoms with van der Waals surface area (Å²) in [5, 5.41) is 5.66. The second-order valence-corrected chi connectivity index (χ2v) is 5.44. The van der Waals surface area contributed by atoms with Gasteiger partial charge in [-0.15, -0.1) is 0 Å². The summed E-state index contributed by atoms with van der Waals surface area (Å²) < 4.78 is 1.63. The third-order valence-corrected chi connectivity index (χ3v) is 3.81. The molecule has 0 bridgehead atoms. The molecule has 6 heteroatoms. The minimum absolute atomic E-state index is 0.562. The highest BCUT2D eigenvalue weighted by molar-refractivity contribution is 6.35. The molecular weight excluding hydrogens is 307 g/mol. The molecule has 0 spiro atoms. The van der Waals surface area contributed by atoms with Crippen LogP contribution in [0.3, 0.4) is 0 Å². The summed E-state index contributed by atoms with van der Waals surface area (Å²) in [7, 11) is 1.79. The Bertz CT molecular complexity index is 797. The van der Waals surface area contributed by atoms with Crippen LogP contribution in [0.5, 0.6) is 0 Å². The molecule has 0 amide bonds. The second-order valence-electron chi connectivity index (χ2n) is 4.59. The van der Waals surface area contributed by atoms with Gasteiger partial charge in [0.25, 0.3) is 0 Å². The molecule has 21 heavy (non-hydrogen) atoms. The number of anilines is 1. The van der Waals surface area contributed by atoms with Crippen molar-refractivity contribution in [3.05, 3.63) is 52.8 Å². The molecule has 4 nitrogen and oxygen atoms in total. The Labute approximate surface area is 132 Å². The molecule has 1 aromatic carbocycles. The molecular formula is C15H12Cl2N4. The highest BCUT2D eigenvalue weighted by atomic mass is 35.5. The maximum Gasteiger partial charge on any atom is 0.129 e. The second kappa shape index (κ2) is 5.39. The third kappa shape index (κ3) is 2.48. The number of nitrogen functional groups attached to an aromatic ring is 1. The molecule has 0 aliphatic rings. The lowest BCUT2D eigenvalue weighted by molar-refractivity contribution is 0.782. The van der Waals surface area contributed by atoms with E-state index in [-0.39, 0.29) is 0 Å². The zero-order chi connectivity index (χ0) is 15.0. The number of pyridine rings is 1. The summed E-state index contributed by atoms with van der Waals surface area (Å²) in [4.78, 5) is 4.03. The van der Waals surface area contributed by atoms with Gasteiger partial charge in [0, 0.05) is 30.0 Å². The van der Waals surface area contributed by atoms with Crippen molar-refractivity contribution in [2.75, 3.05) is 5.73 Å². The summed E-state index contributed by atoms with van der Waals surface area (Å²) >= 11 is 12.4. The lowest BCUT2D eigenvalue weighted by atomic mass is 10.0. The molecule has 0 aliphatic heterocycles. The average molecular weight is 319 g/mol. The number of aryl methyl sites for hydroxylation is 1.